The lowest BCUT2D eigenvalue weighted by atomic mass is 9.96. The van der Waals surface area contributed by atoms with Crippen LogP contribution < -0.4 is 4.74 Å². The van der Waals surface area contributed by atoms with E-state index in [0.717, 1.165) is 24.8 Å². The molecule has 6 nitrogen and oxygen atoms in total. The van der Waals surface area contributed by atoms with Crippen molar-refractivity contribution < 1.29 is 19.0 Å². The van der Waals surface area contributed by atoms with Gasteiger partial charge in [0.05, 0.1) is 0 Å². The quantitative estimate of drug-likeness (QED) is 0.176. The minimum Gasteiger partial charge on any atom is -0.462 e. The topological polar surface area (TPSA) is 70.5 Å². The lowest BCUT2D eigenvalue weighted by Crippen LogP contribution is -2.15. The summed E-state index contributed by atoms with van der Waals surface area (Å²) >= 11 is 0. The number of hydrogen-bond acceptors (Lipinski definition) is 6. The van der Waals surface area contributed by atoms with Crippen LogP contribution >= 0.6 is 0 Å². The van der Waals surface area contributed by atoms with E-state index in [1.165, 1.54) is 68.9 Å². The smallest absolute Gasteiger partial charge is 0.311 e. The van der Waals surface area contributed by atoms with E-state index < -0.39 is 0 Å². The summed E-state index contributed by atoms with van der Waals surface area (Å²) in [5.41, 5.74) is 3.38. The van der Waals surface area contributed by atoms with Gasteiger partial charge < -0.3 is 14.2 Å². The third-order valence-corrected chi connectivity index (χ3v) is 6.96. The Kier molecular flexibility index (Phi) is 10.2. The van der Waals surface area contributed by atoms with Gasteiger partial charge in [0.15, 0.2) is 5.82 Å². The van der Waals surface area contributed by atoms with Crippen LogP contribution in [0.15, 0.2) is 48.2 Å². The Labute approximate surface area is 215 Å². The van der Waals surface area contributed by atoms with Crippen LogP contribution in [0.2, 0.25) is 0 Å². The molecule has 0 N–H and O–H groups in total. The number of nitrogens with zero attached hydrogens (tertiary/aromatic N) is 2. The van der Waals surface area contributed by atoms with Crippen molar-refractivity contribution in [1.29, 1.82) is 0 Å². The van der Waals surface area contributed by atoms with Crippen LogP contribution in [0.3, 0.4) is 0 Å². The zero-order chi connectivity index (χ0) is 25.0. The third kappa shape index (κ3) is 8.07. The first-order chi connectivity index (χ1) is 17.7. The van der Waals surface area contributed by atoms with E-state index in [1.807, 2.05) is 24.5 Å². The highest BCUT2D eigenvalue weighted by Gasteiger charge is 2.26. The number of carbonyl (C=O) groups excluding carboxylic acids is 1. The van der Waals surface area contributed by atoms with Crippen molar-refractivity contribution in [3.05, 3.63) is 53.7 Å². The maximum absolute atomic E-state index is 12.3. The highest BCUT2D eigenvalue weighted by molar-refractivity contribution is 5.72. The molecule has 1 aliphatic carbocycles. The van der Waals surface area contributed by atoms with E-state index in [2.05, 4.69) is 16.9 Å². The summed E-state index contributed by atoms with van der Waals surface area (Å²) in [6.45, 7) is 2.76. The molecule has 0 amide bonds. The van der Waals surface area contributed by atoms with E-state index >= 15 is 0 Å². The standard InChI is InChI=1S/C30H40N2O4/c1-2-3-4-5-6-8-11-23-20-31-29(32-21-23)24-14-16-26(17-15-24)35-28(33)19-18-27-22-34-30(36-27)25-12-9-7-10-13-25/h14-17,20-21,27H,2-13,18-19,22H2,1H3/t27-/m0/s1. The lowest BCUT2D eigenvalue weighted by molar-refractivity contribution is -0.134. The second-order valence-corrected chi connectivity index (χ2v) is 9.97. The highest BCUT2D eigenvalue weighted by atomic mass is 16.7. The maximum atomic E-state index is 12.3. The molecule has 1 aromatic carbocycles. The van der Waals surface area contributed by atoms with Crippen LogP contribution in [0.5, 0.6) is 5.75 Å². The number of allylic oxidation sites excluding steroid dienone is 1. The minimum atomic E-state index is -0.264. The number of esters is 1. The molecule has 36 heavy (non-hydrogen) atoms. The first-order valence-corrected chi connectivity index (χ1v) is 13.8. The summed E-state index contributed by atoms with van der Waals surface area (Å²) in [4.78, 5) is 21.4. The van der Waals surface area contributed by atoms with Crippen molar-refractivity contribution in [3.8, 4) is 17.1 Å². The predicted molar refractivity (Wildman–Crippen MR) is 140 cm³/mol. The zero-order valence-electron chi connectivity index (χ0n) is 21.7. The van der Waals surface area contributed by atoms with Crippen molar-refractivity contribution in [2.75, 3.05) is 6.61 Å². The molecular formula is C30H40N2O4. The second-order valence-electron chi connectivity index (χ2n) is 9.97. The molecule has 4 rings (SSSR count). The summed E-state index contributed by atoms with van der Waals surface area (Å²) in [6, 6.07) is 7.37. The third-order valence-electron chi connectivity index (χ3n) is 6.96. The molecule has 0 unspecified atom stereocenters. The van der Waals surface area contributed by atoms with Crippen LogP contribution in [-0.4, -0.2) is 28.6 Å². The van der Waals surface area contributed by atoms with E-state index in [9.17, 15) is 4.79 Å². The molecule has 6 heteroatoms. The van der Waals surface area contributed by atoms with Gasteiger partial charge in [-0.3, -0.25) is 4.79 Å². The number of rotatable bonds is 12. The van der Waals surface area contributed by atoms with Gasteiger partial charge in [0.25, 0.3) is 5.95 Å². The van der Waals surface area contributed by atoms with Crippen molar-refractivity contribution in [2.24, 2.45) is 0 Å². The van der Waals surface area contributed by atoms with E-state index in [0.29, 0.717) is 37.0 Å². The molecule has 1 saturated heterocycles. The fraction of sp³-hybridized carbons (Fsp3) is 0.567. The number of aromatic nitrogens is 2. The SMILES string of the molecule is CCCCCCCCc1cnc(-c2ccc(OC(=O)CC[C@H]3COC(=C4CCCCC4)O3)cc2)nc1. The number of unbranched alkanes of at least 4 members (excludes halogenated alkanes) is 5. The Morgan fingerprint density at radius 3 is 2.44 bits per heavy atom. The number of ether oxygens (including phenoxy) is 3. The fourth-order valence-corrected chi connectivity index (χ4v) is 4.77. The molecule has 1 aromatic heterocycles. The van der Waals surface area contributed by atoms with E-state index in [4.69, 9.17) is 14.2 Å². The summed E-state index contributed by atoms with van der Waals surface area (Å²) in [5.74, 6) is 1.65. The van der Waals surface area contributed by atoms with Crippen molar-refractivity contribution in [3.63, 3.8) is 0 Å². The van der Waals surface area contributed by atoms with Gasteiger partial charge in [-0.1, -0.05) is 45.4 Å². The predicted octanol–water partition coefficient (Wildman–Crippen LogP) is 7.32. The maximum Gasteiger partial charge on any atom is 0.311 e. The summed E-state index contributed by atoms with van der Waals surface area (Å²) in [5, 5.41) is 0. The normalized spacial score (nSPS) is 17.5. The lowest BCUT2D eigenvalue weighted by Gasteiger charge is -2.15. The molecular weight excluding hydrogens is 452 g/mol. The van der Waals surface area contributed by atoms with Gasteiger partial charge in [-0.15, -0.1) is 0 Å². The van der Waals surface area contributed by atoms with Gasteiger partial charge in [0, 0.05) is 30.0 Å². The minimum absolute atomic E-state index is 0.0782. The Morgan fingerprint density at radius 1 is 0.972 bits per heavy atom. The Balaban J connectivity index is 1.18. The zero-order valence-corrected chi connectivity index (χ0v) is 21.7. The second kappa shape index (κ2) is 14.0. The molecule has 1 saturated carbocycles. The number of benzene rings is 1. The largest absolute Gasteiger partial charge is 0.462 e. The molecule has 2 heterocycles. The first-order valence-electron chi connectivity index (χ1n) is 13.8. The molecule has 1 atom stereocenters. The molecule has 0 radical (unpaired) electrons. The van der Waals surface area contributed by atoms with Crippen LogP contribution in [0, 0.1) is 0 Å². The van der Waals surface area contributed by atoms with E-state index in [1.54, 1.807) is 12.1 Å². The molecule has 194 valence electrons. The van der Waals surface area contributed by atoms with Gasteiger partial charge in [0.1, 0.15) is 18.5 Å². The number of carbonyl (C=O) groups is 1. The monoisotopic (exact) mass is 492 g/mol. The molecule has 1 aliphatic heterocycles. The number of aryl methyl sites for hydroxylation is 1. The van der Waals surface area contributed by atoms with Crippen LogP contribution in [0.4, 0.5) is 0 Å². The van der Waals surface area contributed by atoms with Gasteiger partial charge in [0.2, 0.25) is 0 Å². The molecule has 0 bridgehead atoms. The molecule has 2 aliphatic rings. The molecule has 0 spiro atoms. The van der Waals surface area contributed by atoms with Gasteiger partial charge in [-0.05, 0) is 74.8 Å². The Hall–Kier alpha value is -2.89. The summed E-state index contributed by atoms with van der Waals surface area (Å²) in [6.07, 6.45) is 19.2. The Morgan fingerprint density at radius 2 is 1.69 bits per heavy atom. The summed E-state index contributed by atoms with van der Waals surface area (Å²) < 4.78 is 17.2. The first kappa shape index (κ1) is 26.2. The van der Waals surface area contributed by atoms with Crippen LogP contribution in [-0.2, 0) is 20.7 Å². The van der Waals surface area contributed by atoms with Crippen molar-refractivity contribution >= 4 is 5.97 Å². The van der Waals surface area contributed by atoms with Crippen LogP contribution in [0.25, 0.3) is 11.4 Å². The van der Waals surface area contributed by atoms with E-state index in [-0.39, 0.29) is 12.1 Å². The average Bonchev–Trinajstić information content (AvgIpc) is 3.40. The molecule has 2 fully saturated rings. The van der Waals surface area contributed by atoms with Crippen molar-refractivity contribution in [2.45, 2.75) is 103 Å². The number of hydrogen-bond donors (Lipinski definition) is 0. The fourth-order valence-electron chi connectivity index (χ4n) is 4.77. The Bertz CT molecular complexity index is 977. The average molecular weight is 493 g/mol. The summed E-state index contributed by atoms with van der Waals surface area (Å²) in [7, 11) is 0. The van der Waals surface area contributed by atoms with Crippen LogP contribution in [0.1, 0.15) is 96.0 Å². The van der Waals surface area contributed by atoms with Gasteiger partial charge in [-0.2, -0.15) is 0 Å². The highest BCUT2D eigenvalue weighted by Crippen LogP contribution is 2.31. The van der Waals surface area contributed by atoms with Crippen molar-refractivity contribution in [1.82, 2.24) is 9.97 Å². The van der Waals surface area contributed by atoms with Gasteiger partial charge in [-0.25, -0.2) is 9.97 Å². The molecule has 2 aromatic rings. The van der Waals surface area contributed by atoms with Gasteiger partial charge >= 0.3 is 5.97 Å².